The van der Waals surface area contributed by atoms with Gasteiger partial charge >= 0.3 is 5.97 Å². The molecule has 1 aliphatic rings. The number of carbonyl (C=O) groups excluding carboxylic acids is 1. The summed E-state index contributed by atoms with van der Waals surface area (Å²) in [6, 6.07) is 9.77. The van der Waals surface area contributed by atoms with Crippen molar-refractivity contribution in [1.29, 1.82) is 0 Å². The third-order valence-electron chi connectivity index (χ3n) is 4.71. The molecule has 2 rings (SSSR count). The molecular formula is C22H36O4. The number of rotatable bonds is 4. The molecule has 26 heavy (non-hydrogen) atoms. The van der Waals surface area contributed by atoms with Crippen LogP contribution in [0.4, 0.5) is 0 Å². The second-order valence-corrected chi connectivity index (χ2v) is 8.12. The first-order valence-electron chi connectivity index (χ1n) is 9.69. The Morgan fingerprint density at radius 3 is 2.08 bits per heavy atom. The van der Waals surface area contributed by atoms with E-state index in [1.54, 1.807) is 0 Å². The third kappa shape index (κ3) is 7.08. The highest BCUT2D eigenvalue weighted by Gasteiger charge is 2.33. The van der Waals surface area contributed by atoms with Crippen molar-refractivity contribution in [2.24, 2.45) is 17.3 Å². The number of benzene rings is 1. The Hall–Kier alpha value is -1.39. The van der Waals surface area contributed by atoms with Crippen LogP contribution >= 0.6 is 0 Å². The summed E-state index contributed by atoms with van der Waals surface area (Å²) in [7, 11) is 0. The Labute approximate surface area is 159 Å². The molecule has 0 radical (unpaired) electrons. The summed E-state index contributed by atoms with van der Waals surface area (Å²) in [5, 5.41) is 0. The van der Waals surface area contributed by atoms with Gasteiger partial charge in [-0.1, -0.05) is 85.2 Å². The van der Waals surface area contributed by atoms with E-state index in [-0.39, 0.29) is 35.6 Å². The molecule has 2 unspecified atom stereocenters. The average molecular weight is 365 g/mol. The van der Waals surface area contributed by atoms with Crippen molar-refractivity contribution in [3.8, 4) is 0 Å². The summed E-state index contributed by atoms with van der Waals surface area (Å²) in [6.07, 6.45) is 0.536. The Balaban J connectivity index is 0.00000105. The maximum Gasteiger partial charge on any atom is 0.309 e. The molecule has 0 aromatic heterocycles. The highest BCUT2D eigenvalue weighted by Crippen LogP contribution is 2.32. The van der Waals surface area contributed by atoms with Crippen molar-refractivity contribution >= 4 is 5.97 Å². The lowest BCUT2D eigenvalue weighted by Gasteiger charge is -2.33. The normalized spacial score (nSPS) is 22.6. The molecule has 1 saturated heterocycles. The van der Waals surface area contributed by atoms with Crippen LogP contribution in [-0.4, -0.2) is 25.3 Å². The molecule has 1 aromatic carbocycles. The molecular weight excluding hydrogens is 328 g/mol. The fourth-order valence-electron chi connectivity index (χ4n) is 2.58. The minimum atomic E-state index is -0.378. The summed E-state index contributed by atoms with van der Waals surface area (Å²) in [6.45, 7) is 15.4. The zero-order chi connectivity index (χ0) is 19.7. The molecule has 4 nitrogen and oxygen atoms in total. The van der Waals surface area contributed by atoms with Gasteiger partial charge in [-0.2, -0.15) is 0 Å². The van der Waals surface area contributed by atoms with Gasteiger partial charge in [-0.25, -0.2) is 0 Å². The molecule has 0 aliphatic carbocycles. The minimum Gasteiger partial charge on any atom is -0.457 e. The van der Waals surface area contributed by atoms with E-state index in [9.17, 15) is 4.79 Å². The molecule has 1 aliphatic heterocycles. The Morgan fingerprint density at radius 2 is 1.62 bits per heavy atom. The van der Waals surface area contributed by atoms with Gasteiger partial charge in [0.1, 0.15) is 6.10 Å². The van der Waals surface area contributed by atoms with Crippen LogP contribution in [0.3, 0.4) is 0 Å². The summed E-state index contributed by atoms with van der Waals surface area (Å²) in [5.41, 5.74) is 1.04. The second kappa shape index (κ2) is 10.7. The molecule has 148 valence electrons. The van der Waals surface area contributed by atoms with Crippen molar-refractivity contribution in [3.63, 3.8) is 0 Å². The van der Waals surface area contributed by atoms with Crippen molar-refractivity contribution in [3.05, 3.63) is 35.9 Å². The average Bonchev–Trinajstić information content (AvgIpc) is 2.61. The maximum absolute atomic E-state index is 12.3. The van der Waals surface area contributed by atoms with E-state index in [4.69, 9.17) is 14.2 Å². The predicted octanol–water partition coefficient (Wildman–Crippen LogP) is 5.38. The topological polar surface area (TPSA) is 44.8 Å². The predicted molar refractivity (Wildman–Crippen MR) is 105 cm³/mol. The van der Waals surface area contributed by atoms with Crippen LogP contribution in [0.2, 0.25) is 0 Å². The number of ether oxygens (including phenoxy) is 3. The third-order valence-corrected chi connectivity index (χ3v) is 4.71. The number of hydrogen-bond acceptors (Lipinski definition) is 4. The van der Waals surface area contributed by atoms with Crippen LogP contribution in [0.15, 0.2) is 30.3 Å². The van der Waals surface area contributed by atoms with Gasteiger partial charge in [-0.3, -0.25) is 4.79 Å². The van der Waals surface area contributed by atoms with Crippen molar-refractivity contribution in [1.82, 2.24) is 0 Å². The van der Waals surface area contributed by atoms with Gasteiger partial charge < -0.3 is 14.2 Å². The van der Waals surface area contributed by atoms with Crippen molar-refractivity contribution in [2.45, 2.75) is 67.3 Å². The van der Waals surface area contributed by atoms with Crippen molar-refractivity contribution in [2.75, 3.05) is 13.2 Å². The molecule has 1 fully saturated rings. The monoisotopic (exact) mass is 364 g/mol. The van der Waals surface area contributed by atoms with Gasteiger partial charge in [0.25, 0.3) is 0 Å². The molecule has 0 N–H and O–H groups in total. The quantitative estimate of drug-likeness (QED) is 0.673. The second-order valence-electron chi connectivity index (χ2n) is 8.12. The van der Waals surface area contributed by atoms with Gasteiger partial charge in [0, 0.05) is 5.56 Å². The van der Waals surface area contributed by atoms with Gasteiger partial charge in [0.15, 0.2) is 6.29 Å². The van der Waals surface area contributed by atoms with E-state index in [2.05, 4.69) is 41.5 Å². The Kier molecular flexibility index (Phi) is 9.31. The molecule has 0 amide bonds. The number of carbonyl (C=O) groups is 1. The van der Waals surface area contributed by atoms with Gasteiger partial charge in [0.05, 0.1) is 19.1 Å². The SMILES string of the molecule is CC(C(=O)OC1COC(c2ccccc2)OC1)C(C)C(C)(C)C.CCC. The molecule has 0 bridgehead atoms. The lowest BCUT2D eigenvalue weighted by atomic mass is 9.75. The minimum absolute atomic E-state index is 0.0659. The first-order valence-corrected chi connectivity index (χ1v) is 9.69. The van der Waals surface area contributed by atoms with E-state index >= 15 is 0 Å². The maximum atomic E-state index is 12.3. The first-order chi connectivity index (χ1) is 12.2. The molecule has 1 heterocycles. The summed E-state index contributed by atoms with van der Waals surface area (Å²) in [5.74, 6) is -0.0953. The Bertz CT molecular complexity index is 513. The fourth-order valence-corrected chi connectivity index (χ4v) is 2.58. The standard InChI is InChI=1S/C19H28O4.C3H8/c1-13(14(2)19(3,4)5)17(20)23-16-11-21-18(22-12-16)15-9-7-6-8-10-15;1-3-2/h6-10,13-14,16,18H,11-12H2,1-5H3;3H2,1-2H3. The lowest BCUT2D eigenvalue weighted by molar-refractivity contribution is -0.231. The molecule has 0 saturated carbocycles. The van der Waals surface area contributed by atoms with Gasteiger partial charge in [-0.05, 0) is 11.3 Å². The van der Waals surface area contributed by atoms with Crippen LogP contribution in [0.1, 0.15) is 66.7 Å². The van der Waals surface area contributed by atoms with E-state index in [1.807, 2.05) is 37.3 Å². The van der Waals surface area contributed by atoms with Crippen LogP contribution in [0.25, 0.3) is 0 Å². The van der Waals surface area contributed by atoms with Crippen LogP contribution in [0, 0.1) is 17.3 Å². The van der Waals surface area contributed by atoms with E-state index in [1.165, 1.54) is 6.42 Å². The molecule has 0 spiro atoms. The number of hydrogen-bond donors (Lipinski definition) is 0. The largest absolute Gasteiger partial charge is 0.457 e. The van der Waals surface area contributed by atoms with Gasteiger partial charge in [0.2, 0.25) is 0 Å². The van der Waals surface area contributed by atoms with Gasteiger partial charge in [-0.15, -0.1) is 0 Å². The fraction of sp³-hybridized carbons (Fsp3) is 0.682. The van der Waals surface area contributed by atoms with E-state index in [0.717, 1.165) is 5.56 Å². The zero-order valence-corrected chi connectivity index (χ0v) is 17.5. The highest BCUT2D eigenvalue weighted by atomic mass is 16.7. The molecule has 1 aromatic rings. The zero-order valence-electron chi connectivity index (χ0n) is 17.5. The van der Waals surface area contributed by atoms with Crippen LogP contribution in [0.5, 0.6) is 0 Å². The van der Waals surface area contributed by atoms with Crippen LogP contribution < -0.4 is 0 Å². The van der Waals surface area contributed by atoms with Crippen molar-refractivity contribution < 1.29 is 19.0 Å². The number of esters is 1. The smallest absolute Gasteiger partial charge is 0.309 e. The van der Waals surface area contributed by atoms with Crippen LogP contribution in [-0.2, 0) is 19.0 Å². The molecule has 2 atom stereocenters. The Morgan fingerprint density at radius 1 is 1.12 bits per heavy atom. The van der Waals surface area contributed by atoms with E-state index < -0.39 is 0 Å². The lowest BCUT2D eigenvalue weighted by Crippen LogP contribution is -2.38. The summed E-state index contributed by atoms with van der Waals surface area (Å²) in [4.78, 5) is 12.3. The summed E-state index contributed by atoms with van der Waals surface area (Å²) < 4.78 is 16.9. The molecule has 4 heteroatoms. The van der Waals surface area contributed by atoms with E-state index in [0.29, 0.717) is 13.2 Å². The first kappa shape index (κ1) is 22.7. The highest BCUT2D eigenvalue weighted by molar-refractivity contribution is 5.72. The summed E-state index contributed by atoms with van der Waals surface area (Å²) >= 11 is 0.